The number of halogens is 3. The SMILES string of the molecule is C=C[C@](F)(C1CCN(C(=O)Nc2ccon2)CC1)S(=O)(=O)c1cn(C)nc1C(F)F. The minimum absolute atomic E-state index is 0.0156. The fourth-order valence-electron chi connectivity index (χ4n) is 3.45. The van der Waals surface area contributed by atoms with Gasteiger partial charge in [0.1, 0.15) is 16.9 Å². The van der Waals surface area contributed by atoms with Gasteiger partial charge in [0.25, 0.3) is 6.43 Å². The molecule has 1 atom stereocenters. The van der Waals surface area contributed by atoms with Crippen molar-refractivity contribution in [2.45, 2.75) is 29.2 Å². The first-order valence-electron chi connectivity index (χ1n) is 8.95. The van der Waals surface area contributed by atoms with Crippen LogP contribution in [0.1, 0.15) is 25.0 Å². The molecule has 3 heterocycles. The summed E-state index contributed by atoms with van der Waals surface area (Å²) >= 11 is 0. The third-order valence-electron chi connectivity index (χ3n) is 5.02. The lowest BCUT2D eigenvalue weighted by Crippen LogP contribution is -2.48. The Bertz CT molecular complexity index is 1020. The number of anilines is 1. The van der Waals surface area contributed by atoms with Gasteiger partial charge in [0.15, 0.2) is 5.82 Å². The molecule has 1 aliphatic rings. The molecule has 0 saturated carbocycles. The number of amides is 2. The van der Waals surface area contributed by atoms with E-state index in [1.165, 1.54) is 24.3 Å². The zero-order chi connectivity index (χ0) is 22.1. The van der Waals surface area contributed by atoms with Crippen LogP contribution in [0.15, 0.2) is 40.6 Å². The van der Waals surface area contributed by atoms with Gasteiger partial charge in [-0.05, 0) is 18.9 Å². The zero-order valence-electron chi connectivity index (χ0n) is 16.0. The lowest BCUT2D eigenvalue weighted by atomic mass is 9.91. The molecule has 0 unspecified atom stereocenters. The van der Waals surface area contributed by atoms with Crippen molar-refractivity contribution in [3.63, 3.8) is 0 Å². The fourth-order valence-corrected chi connectivity index (χ4v) is 5.38. The molecule has 13 heteroatoms. The first-order chi connectivity index (χ1) is 14.1. The quantitative estimate of drug-likeness (QED) is 0.682. The molecule has 0 aliphatic carbocycles. The molecule has 0 radical (unpaired) electrons. The summed E-state index contributed by atoms with van der Waals surface area (Å²) in [5, 5.41) is 6.51. The number of nitrogens with zero attached hydrogens (tertiary/aromatic N) is 4. The van der Waals surface area contributed by atoms with Gasteiger partial charge in [0.05, 0.1) is 0 Å². The number of urea groups is 1. The fraction of sp³-hybridized carbons (Fsp3) is 0.471. The van der Waals surface area contributed by atoms with Gasteiger partial charge in [0.2, 0.25) is 14.8 Å². The number of piperidine rings is 1. The van der Waals surface area contributed by atoms with Crippen molar-refractivity contribution in [2.24, 2.45) is 13.0 Å². The number of hydrogen-bond donors (Lipinski definition) is 1. The van der Waals surface area contributed by atoms with Crippen LogP contribution in [0.4, 0.5) is 23.8 Å². The summed E-state index contributed by atoms with van der Waals surface area (Å²) in [6.45, 7) is 3.41. The van der Waals surface area contributed by atoms with E-state index in [2.05, 4.69) is 26.7 Å². The molecule has 2 amide bonds. The summed E-state index contributed by atoms with van der Waals surface area (Å²) in [6.07, 6.45) is -0.459. The maximum atomic E-state index is 15.8. The third kappa shape index (κ3) is 3.80. The van der Waals surface area contributed by atoms with Crippen LogP contribution in [0.25, 0.3) is 0 Å². The van der Waals surface area contributed by atoms with E-state index in [4.69, 9.17) is 0 Å². The van der Waals surface area contributed by atoms with Crippen LogP contribution in [-0.2, 0) is 16.9 Å². The average molecular weight is 447 g/mol. The summed E-state index contributed by atoms with van der Waals surface area (Å²) in [6, 6.07) is 0.941. The van der Waals surface area contributed by atoms with Crippen molar-refractivity contribution >= 4 is 21.7 Å². The number of hydrogen-bond acceptors (Lipinski definition) is 6. The Morgan fingerprint density at radius 3 is 2.63 bits per heavy atom. The van der Waals surface area contributed by atoms with Gasteiger partial charge in [-0.2, -0.15) is 5.10 Å². The molecule has 2 aromatic rings. The Morgan fingerprint density at radius 1 is 1.43 bits per heavy atom. The van der Waals surface area contributed by atoms with Crippen molar-refractivity contribution in [1.29, 1.82) is 0 Å². The van der Waals surface area contributed by atoms with Gasteiger partial charge in [-0.15, -0.1) is 0 Å². The van der Waals surface area contributed by atoms with Crippen molar-refractivity contribution in [1.82, 2.24) is 19.8 Å². The highest BCUT2D eigenvalue weighted by Gasteiger charge is 2.52. The van der Waals surface area contributed by atoms with Crippen molar-refractivity contribution in [3.05, 3.63) is 36.9 Å². The number of nitrogens with one attached hydrogen (secondary N) is 1. The molecular formula is C17H20F3N5O4S. The van der Waals surface area contributed by atoms with Gasteiger partial charge in [0, 0.05) is 38.3 Å². The van der Waals surface area contributed by atoms with Crippen molar-refractivity contribution < 1.29 is 30.9 Å². The molecule has 2 aromatic heterocycles. The number of sulfone groups is 1. The van der Waals surface area contributed by atoms with E-state index >= 15 is 4.39 Å². The van der Waals surface area contributed by atoms with Crippen LogP contribution >= 0.6 is 0 Å². The number of rotatable bonds is 6. The second-order valence-corrected chi connectivity index (χ2v) is 8.91. The number of carbonyl (C=O) groups is 1. The topological polar surface area (TPSA) is 110 Å². The van der Waals surface area contributed by atoms with E-state index in [1.807, 2.05) is 0 Å². The minimum Gasteiger partial charge on any atom is -0.363 e. The molecule has 1 fully saturated rings. The number of carbonyl (C=O) groups excluding carboxylic acids is 1. The molecule has 1 N–H and O–H groups in total. The Balaban J connectivity index is 1.79. The maximum Gasteiger partial charge on any atom is 0.323 e. The normalized spacial score (nSPS) is 17.7. The lowest BCUT2D eigenvalue weighted by Gasteiger charge is -2.37. The maximum absolute atomic E-state index is 15.8. The highest BCUT2D eigenvalue weighted by Crippen LogP contribution is 2.42. The Kier molecular flexibility index (Phi) is 5.92. The minimum atomic E-state index is -4.87. The van der Waals surface area contributed by atoms with E-state index < -0.39 is 43.8 Å². The third-order valence-corrected chi connectivity index (χ3v) is 7.24. The van der Waals surface area contributed by atoms with Gasteiger partial charge >= 0.3 is 6.03 Å². The van der Waals surface area contributed by atoms with Crippen LogP contribution in [0.5, 0.6) is 0 Å². The highest BCUT2D eigenvalue weighted by molar-refractivity contribution is 7.92. The Morgan fingerprint density at radius 2 is 2.10 bits per heavy atom. The molecule has 30 heavy (non-hydrogen) atoms. The van der Waals surface area contributed by atoms with Crippen molar-refractivity contribution in [3.8, 4) is 0 Å². The molecule has 0 spiro atoms. The number of aromatic nitrogens is 3. The highest BCUT2D eigenvalue weighted by atomic mass is 32.2. The van der Waals surface area contributed by atoms with E-state index in [1.54, 1.807) is 0 Å². The van der Waals surface area contributed by atoms with E-state index in [0.29, 0.717) is 6.08 Å². The molecule has 9 nitrogen and oxygen atoms in total. The summed E-state index contributed by atoms with van der Waals surface area (Å²) in [7, 11) is -3.60. The van der Waals surface area contributed by atoms with E-state index in [9.17, 15) is 22.0 Å². The van der Waals surface area contributed by atoms with Gasteiger partial charge in [-0.3, -0.25) is 10.00 Å². The number of likely N-dealkylation sites (tertiary alicyclic amines) is 1. The molecule has 0 aromatic carbocycles. The zero-order valence-corrected chi connectivity index (χ0v) is 16.8. The van der Waals surface area contributed by atoms with Crippen LogP contribution < -0.4 is 5.32 Å². The summed E-state index contributed by atoms with van der Waals surface area (Å²) in [5.41, 5.74) is -1.01. The van der Waals surface area contributed by atoms with Gasteiger partial charge in [-0.25, -0.2) is 26.4 Å². The molecular weight excluding hydrogens is 427 g/mol. The Hall–Kier alpha value is -2.83. The summed E-state index contributed by atoms with van der Waals surface area (Å²) in [5.74, 6) is -0.881. The molecule has 164 valence electrons. The second kappa shape index (κ2) is 8.13. The lowest BCUT2D eigenvalue weighted by molar-refractivity contribution is 0.131. The predicted octanol–water partition coefficient (Wildman–Crippen LogP) is 2.92. The number of aryl methyl sites for hydroxylation is 1. The van der Waals surface area contributed by atoms with Gasteiger partial charge < -0.3 is 9.42 Å². The largest absolute Gasteiger partial charge is 0.363 e. The van der Waals surface area contributed by atoms with Crippen LogP contribution in [0.3, 0.4) is 0 Å². The van der Waals surface area contributed by atoms with Gasteiger partial charge in [-0.1, -0.05) is 11.7 Å². The molecule has 0 bridgehead atoms. The van der Waals surface area contributed by atoms with Crippen LogP contribution in [0.2, 0.25) is 0 Å². The number of alkyl halides is 3. The Labute approximate surface area is 170 Å². The van der Waals surface area contributed by atoms with Crippen LogP contribution in [0, 0.1) is 5.92 Å². The van der Waals surface area contributed by atoms with E-state index in [0.717, 1.165) is 10.9 Å². The second-order valence-electron chi connectivity index (χ2n) is 6.83. The van der Waals surface area contributed by atoms with Crippen molar-refractivity contribution in [2.75, 3.05) is 18.4 Å². The predicted molar refractivity (Wildman–Crippen MR) is 99.2 cm³/mol. The standard InChI is InChI=1S/C17H20F3N5O4S/c1-3-17(20,30(27,28)12-10-24(2)22-14(12)15(18)19)11-4-7-25(8-5-11)16(26)21-13-6-9-29-23-13/h3,6,9-11,15H,1,4-5,7-8H2,2H3,(H,21,23,26)/t17-/m1/s1. The van der Waals surface area contributed by atoms with Crippen LogP contribution in [-0.4, -0.2) is 52.4 Å². The summed E-state index contributed by atoms with van der Waals surface area (Å²) < 4.78 is 73.9. The monoisotopic (exact) mass is 447 g/mol. The molecule has 1 aliphatic heterocycles. The summed E-state index contributed by atoms with van der Waals surface area (Å²) in [4.78, 5) is 12.7. The molecule has 3 rings (SSSR count). The first kappa shape index (κ1) is 21.9. The van der Waals surface area contributed by atoms with E-state index in [-0.39, 0.29) is 31.7 Å². The first-order valence-corrected chi connectivity index (χ1v) is 10.4. The molecule has 1 saturated heterocycles. The average Bonchev–Trinajstić information content (AvgIpc) is 3.37. The smallest absolute Gasteiger partial charge is 0.323 e.